The van der Waals surface area contributed by atoms with Gasteiger partial charge in [-0.1, -0.05) is 11.8 Å². The van der Waals surface area contributed by atoms with E-state index < -0.39 is 0 Å². The normalized spacial score (nSPS) is 15.9. The second-order valence-electron chi connectivity index (χ2n) is 6.18. The van der Waals surface area contributed by atoms with E-state index >= 15 is 0 Å². The van der Waals surface area contributed by atoms with E-state index in [0.717, 1.165) is 11.0 Å². The number of nitrogens with zero attached hydrogens (tertiary/aromatic N) is 5. The lowest BCUT2D eigenvalue weighted by atomic mass is 10.4. The minimum atomic E-state index is -0.263. The van der Waals surface area contributed by atoms with Crippen LogP contribution in [0.3, 0.4) is 0 Å². The number of thioether (sulfide) groups is 1. The van der Waals surface area contributed by atoms with Crippen LogP contribution in [0.15, 0.2) is 17.4 Å². The molecule has 124 valence electrons. The number of carbonyl (C=O) groups is 1. The van der Waals surface area contributed by atoms with Crippen LogP contribution in [0, 0.1) is 0 Å². The van der Waals surface area contributed by atoms with Crippen LogP contribution in [0.1, 0.15) is 51.4 Å². The van der Waals surface area contributed by atoms with Crippen LogP contribution >= 0.6 is 11.8 Å². The van der Waals surface area contributed by atoms with Gasteiger partial charge in [0, 0.05) is 25.1 Å². The van der Waals surface area contributed by atoms with Gasteiger partial charge < -0.3 is 9.88 Å². The predicted molar refractivity (Wildman–Crippen MR) is 89.5 cm³/mol. The fourth-order valence-electron chi connectivity index (χ4n) is 2.39. The minimum Gasteiger partial charge on any atom is -0.310 e. The fraction of sp³-hybridized carbons (Fsp3) is 0.600. The first-order valence-corrected chi connectivity index (χ1v) is 8.75. The summed E-state index contributed by atoms with van der Waals surface area (Å²) in [6.45, 7) is 5.93. The van der Waals surface area contributed by atoms with Gasteiger partial charge in [-0.05, 0) is 33.6 Å². The summed E-state index contributed by atoms with van der Waals surface area (Å²) in [6, 6.07) is 2.01. The lowest BCUT2D eigenvalue weighted by molar-refractivity contribution is -0.115. The lowest BCUT2D eigenvalue weighted by Crippen LogP contribution is -2.25. The van der Waals surface area contributed by atoms with Gasteiger partial charge >= 0.3 is 0 Å². The molecule has 0 bridgehead atoms. The van der Waals surface area contributed by atoms with Crippen LogP contribution in [0.4, 0.5) is 5.82 Å². The summed E-state index contributed by atoms with van der Waals surface area (Å²) in [7, 11) is 1.97. The third kappa shape index (κ3) is 3.41. The van der Waals surface area contributed by atoms with Crippen LogP contribution in [-0.4, -0.2) is 35.7 Å². The Morgan fingerprint density at radius 2 is 2.09 bits per heavy atom. The van der Waals surface area contributed by atoms with Crippen molar-refractivity contribution in [2.24, 2.45) is 7.05 Å². The predicted octanol–water partition coefficient (Wildman–Crippen LogP) is 2.59. The van der Waals surface area contributed by atoms with Gasteiger partial charge in [0.25, 0.3) is 0 Å². The molecule has 0 spiro atoms. The highest BCUT2D eigenvalue weighted by molar-refractivity contribution is 8.00. The van der Waals surface area contributed by atoms with Gasteiger partial charge in [-0.15, -0.1) is 10.2 Å². The third-order valence-electron chi connectivity index (χ3n) is 3.87. The number of rotatable bonds is 6. The molecule has 1 fully saturated rings. The highest BCUT2D eigenvalue weighted by atomic mass is 32.2. The number of hydrogen-bond donors (Lipinski definition) is 1. The molecule has 1 aliphatic carbocycles. The van der Waals surface area contributed by atoms with E-state index in [1.54, 1.807) is 10.9 Å². The highest BCUT2D eigenvalue weighted by Crippen LogP contribution is 2.39. The average molecular weight is 334 g/mol. The van der Waals surface area contributed by atoms with E-state index in [0.29, 0.717) is 11.7 Å². The first-order chi connectivity index (χ1) is 11.0. The Bertz CT molecular complexity index is 703. The molecular formula is C15H22N6OS. The molecule has 1 saturated carbocycles. The molecule has 3 rings (SSSR count). The monoisotopic (exact) mass is 334 g/mol. The van der Waals surface area contributed by atoms with Crippen molar-refractivity contribution in [3.63, 3.8) is 0 Å². The van der Waals surface area contributed by atoms with E-state index in [4.69, 9.17) is 0 Å². The van der Waals surface area contributed by atoms with Crippen LogP contribution in [0.5, 0.6) is 0 Å². The Morgan fingerprint density at radius 3 is 2.74 bits per heavy atom. The maximum atomic E-state index is 12.4. The summed E-state index contributed by atoms with van der Waals surface area (Å²) in [5.41, 5.74) is 0. The molecule has 0 unspecified atom stereocenters. The summed E-state index contributed by atoms with van der Waals surface area (Å²) in [5, 5.41) is 16.2. The van der Waals surface area contributed by atoms with Crippen LogP contribution in [-0.2, 0) is 11.8 Å². The summed E-state index contributed by atoms with van der Waals surface area (Å²) >= 11 is 1.43. The molecule has 1 N–H and O–H groups in total. The summed E-state index contributed by atoms with van der Waals surface area (Å²) in [6.07, 6.45) is 4.07. The van der Waals surface area contributed by atoms with Gasteiger partial charge in [0.05, 0.1) is 11.4 Å². The third-order valence-corrected chi connectivity index (χ3v) is 5.01. The van der Waals surface area contributed by atoms with E-state index in [-0.39, 0.29) is 17.2 Å². The van der Waals surface area contributed by atoms with E-state index in [1.165, 1.54) is 24.6 Å². The van der Waals surface area contributed by atoms with Crippen molar-refractivity contribution in [1.29, 1.82) is 0 Å². The summed E-state index contributed by atoms with van der Waals surface area (Å²) < 4.78 is 3.80. The second kappa shape index (κ2) is 6.35. The number of amides is 1. The molecular weight excluding hydrogens is 312 g/mol. The number of aromatic nitrogens is 5. The van der Waals surface area contributed by atoms with Crippen molar-refractivity contribution in [3.8, 4) is 0 Å². The van der Waals surface area contributed by atoms with Gasteiger partial charge in [-0.2, -0.15) is 5.10 Å². The largest absolute Gasteiger partial charge is 0.310 e. The number of nitrogens with one attached hydrogen (secondary N) is 1. The van der Waals surface area contributed by atoms with Gasteiger partial charge in [0.2, 0.25) is 5.91 Å². The Kier molecular flexibility index (Phi) is 4.43. The first kappa shape index (κ1) is 16.0. The van der Waals surface area contributed by atoms with Gasteiger partial charge in [-0.25, -0.2) is 4.68 Å². The fourth-order valence-corrected chi connectivity index (χ4v) is 3.21. The Labute approximate surface area is 139 Å². The van der Waals surface area contributed by atoms with Crippen molar-refractivity contribution >= 4 is 23.5 Å². The molecule has 2 aromatic heterocycles. The molecule has 1 atom stereocenters. The Balaban J connectivity index is 1.64. The first-order valence-electron chi connectivity index (χ1n) is 7.87. The standard InChI is InChI=1S/C15H22N6OS/c1-9(2)21-12(7-8-16-21)17-14(22)10(3)23-15-19-18-13(20(15)4)11-5-6-11/h7-11H,5-6H2,1-4H3,(H,17,22)/t10-/m0/s1. The topological polar surface area (TPSA) is 77.6 Å². The molecule has 0 saturated heterocycles. The number of anilines is 1. The Hall–Kier alpha value is -1.83. The van der Waals surface area contributed by atoms with Crippen molar-refractivity contribution in [1.82, 2.24) is 24.5 Å². The quantitative estimate of drug-likeness (QED) is 0.822. The minimum absolute atomic E-state index is 0.0617. The molecule has 8 heteroatoms. The van der Waals surface area contributed by atoms with Crippen LogP contribution in [0.2, 0.25) is 0 Å². The molecule has 7 nitrogen and oxygen atoms in total. The van der Waals surface area contributed by atoms with E-state index in [9.17, 15) is 4.79 Å². The van der Waals surface area contributed by atoms with E-state index in [1.807, 2.05) is 38.5 Å². The van der Waals surface area contributed by atoms with Gasteiger partial charge in [0.1, 0.15) is 11.6 Å². The average Bonchev–Trinajstić information content (AvgIpc) is 3.13. The SMILES string of the molecule is CC(C)n1nccc1NC(=O)[C@H](C)Sc1nnc(C2CC2)n1C. The number of carbonyl (C=O) groups excluding carboxylic acids is 1. The van der Waals surface area contributed by atoms with Crippen molar-refractivity contribution < 1.29 is 4.79 Å². The van der Waals surface area contributed by atoms with E-state index in [2.05, 4.69) is 20.6 Å². The molecule has 0 radical (unpaired) electrons. The zero-order chi connectivity index (χ0) is 16.6. The van der Waals surface area contributed by atoms with Crippen molar-refractivity contribution in [3.05, 3.63) is 18.1 Å². The maximum absolute atomic E-state index is 12.4. The molecule has 1 aliphatic rings. The smallest absolute Gasteiger partial charge is 0.238 e. The lowest BCUT2D eigenvalue weighted by Gasteiger charge is -2.14. The molecule has 0 aromatic carbocycles. The highest BCUT2D eigenvalue weighted by Gasteiger charge is 2.30. The number of hydrogen-bond acceptors (Lipinski definition) is 5. The summed E-state index contributed by atoms with van der Waals surface area (Å²) in [5.74, 6) is 2.23. The van der Waals surface area contributed by atoms with Crippen LogP contribution < -0.4 is 5.32 Å². The van der Waals surface area contributed by atoms with Crippen molar-refractivity contribution in [2.75, 3.05) is 5.32 Å². The second-order valence-corrected chi connectivity index (χ2v) is 7.49. The van der Waals surface area contributed by atoms with Gasteiger partial charge in [0.15, 0.2) is 5.16 Å². The summed E-state index contributed by atoms with van der Waals surface area (Å²) in [4.78, 5) is 12.4. The van der Waals surface area contributed by atoms with Gasteiger partial charge in [-0.3, -0.25) is 4.79 Å². The zero-order valence-electron chi connectivity index (χ0n) is 13.9. The molecule has 1 amide bonds. The van der Waals surface area contributed by atoms with Crippen LogP contribution in [0.25, 0.3) is 0 Å². The molecule has 2 aromatic rings. The Morgan fingerprint density at radius 1 is 1.35 bits per heavy atom. The molecule has 23 heavy (non-hydrogen) atoms. The molecule has 2 heterocycles. The zero-order valence-corrected chi connectivity index (χ0v) is 14.7. The molecule has 0 aliphatic heterocycles. The van der Waals surface area contributed by atoms with Crippen molar-refractivity contribution in [2.45, 2.75) is 56.0 Å². The maximum Gasteiger partial charge on any atom is 0.238 e.